The minimum Gasteiger partial charge on any atom is -0.464 e. The van der Waals surface area contributed by atoms with E-state index < -0.39 is 10.8 Å². The summed E-state index contributed by atoms with van der Waals surface area (Å²) in [4.78, 5) is 9.78. The number of ether oxygens (including phenoxy) is 1. The first kappa shape index (κ1) is 11.5. The Morgan fingerprint density at radius 3 is 2.60 bits per heavy atom. The van der Waals surface area contributed by atoms with Gasteiger partial charge in [-0.1, -0.05) is 41.9 Å². The monoisotopic (exact) mass is 223 g/mol. The van der Waals surface area contributed by atoms with E-state index in [9.17, 15) is 4.79 Å². The summed E-state index contributed by atoms with van der Waals surface area (Å²) in [6, 6.07) is 10.2. The van der Waals surface area contributed by atoms with Crippen molar-refractivity contribution in [1.82, 2.24) is 0 Å². The van der Waals surface area contributed by atoms with Crippen LogP contribution in [0.4, 0.5) is 0 Å². The third-order valence-electron chi connectivity index (χ3n) is 1.88. The first-order valence-corrected chi connectivity index (χ1v) is 4.86. The molecule has 1 atom stereocenters. The van der Waals surface area contributed by atoms with Gasteiger partial charge in [0.1, 0.15) is 6.07 Å². The topological polar surface area (TPSA) is 50.1 Å². The van der Waals surface area contributed by atoms with Crippen molar-refractivity contribution in [3.63, 3.8) is 0 Å². The number of rotatable bonds is 3. The summed E-state index contributed by atoms with van der Waals surface area (Å²) >= 11 is 5.94. The Bertz CT molecular complexity index is 385. The lowest BCUT2D eigenvalue weighted by atomic mass is 10.00. The van der Waals surface area contributed by atoms with Crippen molar-refractivity contribution in [3.8, 4) is 6.07 Å². The molecule has 0 aliphatic heterocycles. The Labute approximate surface area is 93.2 Å². The molecule has 0 amide bonds. The number of esters is 1. The number of hydrogen-bond donors (Lipinski definition) is 0. The number of nitrogens with zero attached hydrogens (tertiary/aromatic N) is 1. The van der Waals surface area contributed by atoms with Gasteiger partial charge in [-0.3, -0.25) is 0 Å². The van der Waals surface area contributed by atoms with E-state index in [-0.39, 0.29) is 6.61 Å². The van der Waals surface area contributed by atoms with Crippen LogP contribution < -0.4 is 0 Å². The van der Waals surface area contributed by atoms with Gasteiger partial charge >= 0.3 is 5.97 Å². The second-order valence-electron chi connectivity index (χ2n) is 2.86. The largest absolute Gasteiger partial charge is 0.464 e. The van der Waals surface area contributed by atoms with Crippen LogP contribution in [0.1, 0.15) is 12.5 Å². The van der Waals surface area contributed by atoms with E-state index in [4.69, 9.17) is 21.6 Å². The first-order chi connectivity index (χ1) is 7.15. The maximum absolute atomic E-state index is 11.5. The highest BCUT2D eigenvalue weighted by Gasteiger charge is 2.40. The molecule has 1 unspecified atom stereocenters. The van der Waals surface area contributed by atoms with E-state index in [1.165, 1.54) is 0 Å². The molecule has 0 saturated heterocycles. The zero-order valence-electron chi connectivity index (χ0n) is 8.24. The summed E-state index contributed by atoms with van der Waals surface area (Å²) in [6.07, 6.45) is 0. The SMILES string of the molecule is CCOC(=O)C(Cl)(C#N)c1ccccc1. The van der Waals surface area contributed by atoms with Gasteiger partial charge < -0.3 is 4.74 Å². The van der Waals surface area contributed by atoms with Gasteiger partial charge in [0.15, 0.2) is 0 Å². The zero-order valence-corrected chi connectivity index (χ0v) is 8.99. The highest BCUT2D eigenvalue weighted by molar-refractivity contribution is 6.36. The second kappa shape index (κ2) is 4.81. The third kappa shape index (κ3) is 2.28. The fraction of sp³-hybridized carbons (Fsp3) is 0.273. The highest BCUT2D eigenvalue weighted by atomic mass is 35.5. The van der Waals surface area contributed by atoms with Crippen LogP contribution in [0.15, 0.2) is 30.3 Å². The molecule has 0 aliphatic carbocycles. The van der Waals surface area contributed by atoms with Crippen molar-refractivity contribution in [1.29, 1.82) is 5.26 Å². The normalized spacial score (nSPS) is 13.7. The van der Waals surface area contributed by atoms with Crippen LogP contribution in [0, 0.1) is 11.3 Å². The molecule has 0 heterocycles. The molecular formula is C11H10ClNO2. The molecule has 0 aromatic heterocycles. The summed E-state index contributed by atoms with van der Waals surface area (Å²) in [7, 11) is 0. The average Bonchev–Trinajstić information content (AvgIpc) is 2.29. The summed E-state index contributed by atoms with van der Waals surface area (Å²) in [5.41, 5.74) is 0.424. The van der Waals surface area contributed by atoms with Gasteiger partial charge in [-0.2, -0.15) is 5.26 Å². The van der Waals surface area contributed by atoms with Crippen LogP contribution in [0.25, 0.3) is 0 Å². The summed E-state index contributed by atoms with van der Waals surface area (Å²) in [6.45, 7) is 1.86. The molecule has 0 spiro atoms. The molecule has 4 heteroatoms. The number of alkyl halides is 1. The minimum atomic E-state index is -1.74. The van der Waals surface area contributed by atoms with E-state index in [0.717, 1.165) is 0 Å². The Balaban J connectivity index is 3.07. The van der Waals surface area contributed by atoms with Crippen molar-refractivity contribution < 1.29 is 9.53 Å². The maximum Gasteiger partial charge on any atom is 0.346 e. The molecule has 0 radical (unpaired) electrons. The lowest BCUT2D eigenvalue weighted by Crippen LogP contribution is -2.30. The average molecular weight is 224 g/mol. The summed E-state index contributed by atoms with van der Waals surface area (Å²) in [5, 5.41) is 8.95. The summed E-state index contributed by atoms with van der Waals surface area (Å²) in [5.74, 6) is -0.736. The van der Waals surface area contributed by atoms with Crippen molar-refractivity contribution >= 4 is 17.6 Å². The predicted octanol–water partition coefficient (Wildman–Crippen LogP) is 2.21. The molecule has 1 aromatic rings. The molecular weight excluding hydrogens is 214 g/mol. The highest BCUT2D eigenvalue weighted by Crippen LogP contribution is 2.29. The number of hydrogen-bond acceptors (Lipinski definition) is 3. The van der Waals surface area contributed by atoms with E-state index in [2.05, 4.69) is 0 Å². The predicted molar refractivity (Wildman–Crippen MR) is 56.2 cm³/mol. The molecule has 1 rings (SSSR count). The van der Waals surface area contributed by atoms with Crippen molar-refractivity contribution in [3.05, 3.63) is 35.9 Å². The molecule has 0 fully saturated rings. The van der Waals surface area contributed by atoms with E-state index in [1.807, 2.05) is 0 Å². The molecule has 0 bridgehead atoms. The number of halogens is 1. The minimum absolute atomic E-state index is 0.196. The van der Waals surface area contributed by atoms with E-state index in [1.54, 1.807) is 43.3 Å². The molecule has 78 valence electrons. The Kier molecular flexibility index (Phi) is 3.70. The first-order valence-electron chi connectivity index (χ1n) is 4.48. The number of nitriles is 1. The Hall–Kier alpha value is -1.53. The molecule has 0 saturated carbocycles. The van der Waals surface area contributed by atoms with Gasteiger partial charge in [-0.05, 0) is 12.5 Å². The third-order valence-corrected chi connectivity index (χ3v) is 2.34. The molecule has 3 nitrogen and oxygen atoms in total. The molecule has 0 aliphatic rings. The van der Waals surface area contributed by atoms with E-state index in [0.29, 0.717) is 5.56 Å². The number of benzene rings is 1. The van der Waals surface area contributed by atoms with Crippen molar-refractivity contribution in [2.75, 3.05) is 6.61 Å². The van der Waals surface area contributed by atoms with Crippen LogP contribution in [-0.4, -0.2) is 12.6 Å². The van der Waals surface area contributed by atoms with Crippen LogP contribution in [0.5, 0.6) is 0 Å². The van der Waals surface area contributed by atoms with Gasteiger partial charge in [-0.15, -0.1) is 0 Å². The van der Waals surface area contributed by atoms with Crippen LogP contribution in [0.3, 0.4) is 0 Å². The lowest BCUT2D eigenvalue weighted by molar-refractivity contribution is -0.144. The van der Waals surface area contributed by atoms with Crippen LogP contribution in [0.2, 0.25) is 0 Å². The second-order valence-corrected chi connectivity index (χ2v) is 3.42. The maximum atomic E-state index is 11.5. The lowest BCUT2D eigenvalue weighted by Gasteiger charge is -2.17. The smallest absolute Gasteiger partial charge is 0.346 e. The Morgan fingerprint density at radius 1 is 1.53 bits per heavy atom. The van der Waals surface area contributed by atoms with Crippen LogP contribution >= 0.6 is 11.6 Å². The van der Waals surface area contributed by atoms with Gasteiger partial charge in [0.05, 0.1) is 6.61 Å². The summed E-state index contributed by atoms with van der Waals surface area (Å²) < 4.78 is 4.76. The standard InChI is InChI=1S/C11H10ClNO2/c1-2-15-10(14)11(12,8-13)9-6-4-3-5-7-9/h3-7H,2H2,1H3. The fourth-order valence-electron chi connectivity index (χ4n) is 1.13. The van der Waals surface area contributed by atoms with Crippen LogP contribution in [-0.2, 0) is 14.4 Å². The fourth-order valence-corrected chi connectivity index (χ4v) is 1.31. The Morgan fingerprint density at radius 2 is 2.13 bits per heavy atom. The number of carbonyl (C=O) groups excluding carboxylic acids is 1. The van der Waals surface area contributed by atoms with Gasteiger partial charge in [0.25, 0.3) is 4.87 Å². The van der Waals surface area contributed by atoms with E-state index >= 15 is 0 Å². The molecule has 15 heavy (non-hydrogen) atoms. The van der Waals surface area contributed by atoms with Crippen molar-refractivity contribution in [2.24, 2.45) is 0 Å². The van der Waals surface area contributed by atoms with Gasteiger partial charge in [-0.25, -0.2) is 4.79 Å². The number of carbonyl (C=O) groups is 1. The molecule has 0 N–H and O–H groups in total. The quantitative estimate of drug-likeness (QED) is 0.583. The molecule has 1 aromatic carbocycles. The van der Waals surface area contributed by atoms with Gasteiger partial charge in [0.2, 0.25) is 0 Å². The van der Waals surface area contributed by atoms with Crippen molar-refractivity contribution in [2.45, 2.75) is 11.8 Å². The van der Waals surface area contributed by atoms with Gasteiger partial charge in [0, 0.05) is 0 Å². The zero-order chi connectivity index (χ0) is 11.3.